The fourth-order valence-corrected chi connectivity index (χ4v) is 1.88. The average molecular weight is 265 g/mol. The summed E-state index contributed by atoms with van der Waals surface area (Å²) in [5.41, 5.74) is 1.39. The van der Waals surface area contributed by atoms with Crippen molar-refractivity contribution in [2.75, 3.05) is 0 Å². The van der Waals surface area contributed by atoms with Crippen molar-refractivity contribution in [2.45, 2.75) is 19.4 Å². The lowest BCUT2D eigenvalue weighted by Gasteiger charge is -2.01. The zero-order chi connectivity index (χ0) is 10.5. The Morgan fingerprint density at radius 2 is 2.00 bits per heavy atom. The summed E-state index contributed by atoms with van der Waals surface area (Å²) in [6.07, 6.45) is 6.06. The second kappa shape index (κ2) is 5.12. The third-order valence-electron chi connectivity index (χ3n) is 2.30. The summed E-state index contributed by atoms with van der Waals surface area (Å²) < 4.78 is 3.01. The molecule has 1 aromatic heterocycles. The van der Waals surface area contributed by atoms with Crippen LogP contribution >= 0.6 is 15.9 Å². The van der Waals surface area contributed by atoms with Gasteiger partial charge in [0.15, 0.2) is 0 Å². The molecular formula is C12H13BrN2. The van der Waals surface area contributed by atoms with E-state index in [-0.39, 0.29) is 0 Å². The van der Waals surface area contributed by atoms with Gasteiger partial charge in [0.25, 0.3) is 0 Å². The molecule has 0 radical (unpaired) electrons. The minimum Gasteiger partial charge on any atom is -0.272 e. The van der Waals surface area contributed by atoms with Crippen molar-refractivity contribution >= 4 is 15.9 Å². The Labute approximate surface area is 98.1 Å². The van der Waals surface area contributed by atoms with Gasteiger partial charge >= 0.3 is 0 Å². The van der Waals surface area contributed by atoms with Crippen molar-refractivity contribution in [1.82, 2.24) is 9.78 Å². The smallest absolute Gasteiger partial charge is 0.0632 e. The molecule has 0 aliphatic rings. The fraction of sp³-hybridized carbons (Fsp3) is 0.250. The molecule has 0 amide bonds. The van der Waals surface area contributed by atoms with Gasteiger partial charge in [-0.3, -0.25) is 4.68 Å². The Morgan fingerprint density at radius 1 is 1.20 bits per heavy atom. The van der Waals surface area contributed by atoms with E-state index in [4.69, 9.17) is 0 Å². The van der Waals surface area contributed by atoms with E-state index in [1.807, 2.05) is 23.1 Å². The van der Waals surface area contributed by atoms with Crippen molar-refractivity contribution in [1.29, 1.82) is 0 Å². The van der Waals surface area contributed by atoms with Crippen LogP contribution in [0.25, 0.3) is 0 Å². The molecule has 15 heavy (non-hydrogen) atoms. The molecule has 2 nitrogen and oxygen atoms in total. The highest BCUT2D eigenvalue weighted by Crippen LogP contribution is 2.08. The highest BCUT2D eigenvalue weighted by molar-refractivity contribution is 9.10. The lowest BCUT2D eigenvalue weighted by molar-refractivity contribution is 0.578. The van der Waals surface area contributed by atoms with E-state index in [2.05, 4.69) is 45.3 Å². The number of aryl methyl sites for hydroxylation is 2. The van der Waals surface area contributed by atoms with E-state index in [0.717, 1.165) is 23.9 Å². The molecule has 0 aliphatic carbocycles. The Bertz CT molecular complexity index is 409. The number of rotatable bonds is 4. The lowest BCUT2D eigenvalue weighted by atomic mass is 10.1. The normalized spacial score (nSPS) is 10.5. The Morgan fingerprint density at radius 3 is 2.67 bits per heavy atom. The van der Waals surface area contributed by atoms with Crippen LogP contribution in [-0.4, -0.2) is 9.78 Å². The first kappa shape index (κ1) is 10.4. The van der Waals surface area contributed by atoms with Crippen LogP contribution in [-0.2, 0) is 13.0 Å². The molecule has 0 aliphatic heterocycles. The largest absolute Gasteiger partial charge is 0.272 e. The number of nitrogens with zero attached hydrogens (tertiary/aromatic N) is 2. The van der Waals surface area contributed by atoms with Crippen LogP contribution in [0.1, 0.15) is 12.0 Å². The molecular weight excluding hydrogens is 252 g/mol. The minimum absolute atomic E-state index is 0.973. The zero-order valence-corrected chi connectivity index (χ0v) is 10.0. The number of aromatic nitrogens is 2. The topological polar surface area (TPSA) is 17.8 Å². The highest BCUT2D eigenvalue weighted by Gasteiger charge is 1.95. The molecule has 1 heterocycles. The monoisotopic (exact) mass is 264 g/mol. The number of hydrogen-bond donors (Lipinski definition) is 0. The Hall–Kier alpha value is -1.09. The van der Waals surface area contributed by atoms with Crippen molar-refractivity contribution in [3.8, 4) is 0 Å². The Kier molecular flexibility index (Phi) is 3.56. The van der Waals surface area contributed by atoms with Gasteiger partial charge < -0.3 is 0 Å². The van der Waals surface area contributed by atoms with Crippen molar-refractivity contribution < 1.29 is 0 Å². The molecule has 0 fully saturated rings. The van der Waals surface area contributed by atoms with Crippen LogP contribution in [0.4, 0.5) is 0 Å². The summed E-state index contributed by atoms with van der Waals surface area (Å²) in [6.45, 7) is 0.973. The first-order valence-corrected chi connectivity index (χ1v) is 5.86. The number of hydrogen-bond acceptors (Lipinski definition) is 1. The van der Waals surface area contributed by atoms with Gasteiger partial charge in [-0.25, -0.2) is 0 Å². The van der Waals surface area contributed by atoms with E-state index >= 15 is 0 Å². The third kappa shape index (κ3) is 3.20. The summed E-state index contributed by atoms with van der Waals surface area (Å²) in [5.74, 6) is 0. The van der Waals surface area contributed by atoms with Crippen LogP contribution in [0, 0.1) is 0 Å². The van der Waals surface area contributed by atoms with Gasteiger partial charge in [-0.2, -0.15) is 5.10 Å². The standard InChI is InChI=1S/C12H13BrN2/c13-12-9-14-15(10-12)8-4-7-11-5-2-1-3-6-11/h1-3,5-6,9-10H,4,7-8H2. The highest BCUT2D eigenvalue weighted by atomic mass is 79.9. The maximum Gasteiger partial charge on any atom is 0.0632 e. The second-order valence-corrected chi connectivity index (χ2v) is 4.43. The molecule has 0 bridgehead atoms. The van der Waals surface area contributed by atoms with Gasteiger partial charge in [0.2, 0.25) is 0 Å². The van der Waals surface area contributed by atoms with E-state index in [1.165, 1.54) is 5.56 Å². The minimum atomic E-state index is 0.973. The molecule has 0 unspecified atom stereocenters. The number of halogens is 1. The first-order chi connectivity index (χ1) is 7.34. The lowest BCUT2D eigenvalue weighted by Crippen LogP contribution is -1.99. The fourth-order valence-electron chi connectivity index (χ4n) is 1.55. The molecule has 0 N–H and O–H groups in total. The predicted molar refractivity (Wildman–Crippen MR) is 64.7 cm³/mol. The predicted octanol–water partition coefficient (Wildman–Crippen LogP) is 3.28. The summed E-state index contributed by atoms with van der Waals surface area (Å²) >= 11 is 3.39. The van der Waals surface area contributed by atoms with Crippen molar-refractivity contribution in [3.05, 3.63) is 52.8 Å². The summed E-state index contributed by atoms with van der Waals surface area (Å²) in [6, 6.07) is 10.5. The summed E-state index contributed by atoms with van der Waals surface area (Å²) in [5, 5.41) is 4.22. The van der Waals surface area contributed by atoms with E-state index in [9.17, 15) is 0 Å². The van der Waals surface area contributed by atoms with Crippen molar-refractivity contribution in [2.24, 2.45) is 0 Å². The first-order valence-electron chi connectivity index (χ1n) is 5.06. The molecule has 1 aromatic carbocycles. The van der Waals surface area contributed by atoms with Gasteiger partial charge in [0.1, 0.15) is 0 Å². The zero-order valence-electron chi connectivity index (χ0n) is 8.44. The van der Waals surface area contributed by atoms with Gasteiger partial charge in [0, 0.05) is 12.7 Å². The average Bonchev–Trinajstić information content (AvgIpc) is 2.66. The Balaban J connectivity index is 1.80. The van der Waals surface area contributed by atoms with Crippen LogP contribution in [0.15, 0.2) is 47.2 Å². The van der Waals surface area contributed by atoms with E-state index in [1.54, 1.807) is 0 Å². The summed E-state index contributed by atoms with van der Waals surface area (Å²) in [7, 11) is 0. The van der Waals surface area contributed by atoms with Gasteiger partial charge in [-0.15, -0.1) is 0 Å². The molecule has 2 rings (SSSR count). The molecule has 0 spiro atoms. The van der Waals surface area contributed by atoms with Crippen LogP contribution < -0.4 is 0 Å². The van der Waals surface area contributed by atoms with Gasteiger partial charge in [0.05, 0.1) is 10.7 Å². The van der Waals surface area contributed by atoms with E-state index in [0.29, 0.717) is 0 Å². The maximum absolute atomic E-state index is 4.22. The SMILES string of the molecule is Brc1cnn(CCCc2ccccc2)c1. The third-order valence-corrected chi connectivity index (χ3v) is 2.71. The van der Waals surface area contributed by atoms with Crippen molar-refractivity contribution in [3.63, 3.8) is 0 Å². The molecule has 0 atom stereocenters. The van der Waals surface area contributed by atoms with E-state index < -0.39 is 0 Å². The second-order valence-electron chi connectivity index (χ2n) is 3.51. The van der Waals surface area contributed by atoms with Crippen LogP contribution in [0.2, 0.25) is 0 Å². The molecule has 0 saturated carbocycles. The molecule has 2 aromatic rings. The molecule has 0 saturated heterocycles. The number of benzene rings is 1. The summed E-state index contributed by atoms with van der Waals surface area (Å²) in [4.78, 5) is 0. The molecule has 78 valence electrons. The van der Waals surface area contributed by atoms with Crippen LogP contribution in [0.5, 0.6) is 0 Å². The quantitative estimate of drug-likeness (QED) is 0.829. The van der Waals surface area contributed by atoms with Gasteiger partial charge in [-0.05, 0) is 34.3 Å². The van der Waals surface area contributed by atoms with Crippen LogP contribution in [0.3, 0.4) is 0 Å². The van der Waals surface area contributed by atoms with Gasteiger partial charge in [-0.1, -0.05) is 30.3 Å². The maximum atomic E-state index is 4.22. The molecule has 3 heteroatoms.